The topological polar surface area (TPSA) is 46.2 Å². The summed E-state index contributed by atoms with van der Waals surface area (Å²) in [5, 5.41) is 16.1. The van der Waals surface area contributed by atoms with Crippen LogP contribution in [0.4, 0.5) is 5.69 Å². The zero-order valence-corrected chi connectivity index (χ0v) is 23.4. The highest BCUT2D eigenvalue weighted by Crippen LogP contribution is 2.47. The summed E-state index contributed by atoms with van der Waals surface area (Å²) >= 11 is 1.80. The molecule has 4 nitrogen and oxygen atoms in total. The molecule has 0 amide bonds. The molecule has 43 heavy (non-hydrogen) atoms. The normalized spacial score (nSPS) is 11.7. The lowest BCUT2D eigenvalue weighted by Crippen LogP contribution is -1.94. The number of para-hydroxylation sites is 2. The van der Waals surface area contributed by atoms with Crippen LogP contribution in [0.2, 0.25) is 0 Å². The summed E-state index contributed by atoms with van der Waals surface area (Å²) in [4.78, 5) is 3.86. The minimum Gasteiger partial charge on any atom is -0.465 e. The Morgan fingerprint density at radius 3 is 2.33 bits per heavy atom. The van der Waals surface area contributed by atoms with E-state index in [1.165, 1.54) is 20.2 Å². The quantitative estimate of drug-likeness (QED) is 0.196. The summed E-state index contributed by atoms with van der Waals surface area (Å²) in [6.07, 6.45) is 0. The molecule has 5 heteroatoms. The molecule has 9 rings (SSSR count). The number of fused-ring (bicyclic) bond motifs is 9. The molecule has 198 valence electrons. The van der Waals surface area contributed by atoms with Crippen molar-refractivity contribution < 1.29 is 4.42 Å². The van der Waals surface area contributed by atoms with E-state index in [1.54, 1.807) is 11.3 Å². The highest BCUT2D eigenvalue weighted by molar-refractivity contribution is 7.26. The fourth-order valence-electron chi connectivity index (χ4n) is 6.62. The van der Waals surface area contributed by atoms with Crippen molar-refractivity contribution in [3.8, 4) is 22.9 Å². The number of nitrogens with zero attached hydrogens (tertiary/aromatic N) is 3. The van der Waals surface area contributed by atoms with Crippen molar-refractivity contribution in [2.75, 3.05) is 0 Å². The third kappa shape index (κ3) is 3.23. The Labute approximate surface area is 249 Å². The van der Waals surface area contributed by atoms with Crippen molar-refractivity contribution in [3.05, 3.63) is 132 Å². The van der Waals surface area contributed by atoms with Crippen molar-refractivity contribution in [2.24, 2.45) is 0 Å². The first-order valence-electron chi connectivity index (χ1n) is 13.9. The van der Waals surface area contributed by atoms with Gasteiger partial charge in [0.1, 0.15) is 5.58 Å². The van der Waals surface area contributed by atoms with E-state index in [4.69, 9.17) is 11.0 Å². The van der Waals surface area contributed by atoms with Crippen LogP contribution in [0.1, 0.15) is 5.56 Å². The number of hydrogen-bond acceptors (Lipinski definition) is 3. The minimum atomic E-state index is 0.491. The summed E-state index contributed by atoms with van der Waals surface area (Å²) in [6, 6.07) is 41.5. The van der Waals surface area contributed by atoms with Crippen LogP contribution in [-0.2, 0) is 0 Å². The molecule has 3 aromatic heterocycles. The molecule has 0 aliphatic heterocycles. The van der Waals surface area contributed by atoms with Gasteiger partial charge in [0.2, 0.25) is 5.69 Å². The second kappa shape index (κ2) is 8.81. The lowest BCUT2D eigenvalue weighted by Gasteiger charge is -2.09. The van der Waals surface area contributed by atoms with Crippen LogP contribution in [0, 0.1) is 17.9 Å². The maximum atomic E-state index is 9.60. The molecule has 0 saturated carbocycles. The largest absolute Gasteiger partial charge is 0.465 e. The Morgan fingerprint density at radius 1 is 0.674 bits per heavy atom. The Hall–Kier alpha value is -5.88. The van der Waals surface area contributed by atoms with E-state index in [0.717, 1.165) is 55.0 Å². The van der Waals surface area contributed by atoms with Crippen LogP contribution < -0.4 is 0 Å². The molecule has 6 aromatic carbocycles. The number of rotatable bonds is 2. The molecule has 0 bridgehead atoms. The van der Waals surface area contributed by atoms with E-state index < -0.39 is 0 Å². The SMILES string of the molecule is [C-]#[N+]c1ccc(-c2cccc3c2sc2ccccc23)c2c1oc1c(-n3c4ccccc4c4cc(C#N)ccc43)cccc12. The van der Waals surface area contributed by atoms with Crippen LogP contribution in [0.3, 0.4) is 0 Å². The summed E-state index contributed by atoms with van der Waals surface area (Å²) < 4.78 is 11.4. The van der Waals surface area contributed by atoms with Crippen LogP contribution in [0.15, 0.2) is 120 Å². The molecule has 0 fully saturated rings. The molecule has 0 aliphatic carbocycles. The molecule has 3 heterocycles. The van der Waals surface area contributed by atoms with Crippen LogP contribution in [0.25, 0.3) is 85.6 Å². The zero-order valence-electron chi connectivity index (χ0n) is 22.6. The number of benzene rings is 6. The van der Waals surface area contributed by atoms with Gasteiger partial charge in [-0.3, -0.25) is 0 Å². The Kier molecular flexibility index (Phi) is 4.87. The van der Waals surface area contributed by atoms with Crippen molar-refractivity contribution in [3.63, 3.8) is 0 Å². The predicted molar refractivity (Wildman–Crippen MR) is 177 cm³/mol. The van der Waals surface area contributed by atoms with Gasteiger partial charge in [-0.2, -0.15) is 5.26 Å². The fraction of sp³-hybridized carbons (Fsp3) is 0. The van der Waals surface area contributed by atoms with E-state index in [1.807, 2.05) is 36.4 Å². The first-order valence-corrected chi connectivity index (χ1v) is 14.8. The van der Waals surface area contributed by atoms with Crippen LogP contribution in [-0.4, -0.2) is 4.57 Å². The van der Waals surface area contributed by atoms with Crippen LogP contribution >= 0.6 is 11.3 Å². The van der Waals surface area contributed by atoms with Gasteiger partial charge in [0, 0.05) is 47.3 Å². The van der Waals surface area contributed by atoms with Gasteiger partial charge in [-0.15, -0.1) is 11.3 Å². The summed E-state index contributed by atoms with van der Waals surface area (Å²) in [5.74, 6) is 0. The average molecular weight is 566 g/mol. The fourth-order valence-corrected chi connectivity index (χ4v) is 7.85. The maximum absolute atomic E-state index is 9.60. The smallest absolute Gasteiger partial charge is 0.229 e. The molecule has 9 aromatic rings. The highest BCUT2D eigenvalue weighted by atomic mass is 32.1. The van der Waals surface area contributed by atoms with E-state index in [9.17, 15) is 5.26 Å². The molecule has 0 N–H and O–H groups in total. The van der Waals surface area contributed by atoms with E-state index >= 15 is 0 Å². The van der Waals surface area contributed by atoms with Crippen molar-refractivity contribution in [1.29, 1.82) is 5.26 Å². The molecule has 0 unspecified atom stereocenters. The first kappa shape index (κ1) is 23.8. The van der Waals surface area contributed by atoms with Gasteiger partial charge >= 0.3 is 0 Å². The third-order valence-corrected chi connectivity index (χ3v) is 9.68. The lowest BCUT2D eigenvalue weighted by atomic mass is 9.97. The molecular weight excluding hydrogens is 547 g/mol. The highest BCUT2D eigenvalue weighted by Gasteiger charge is 2.22. The van der Waals surface area contributed by atoms with Crippen molar-refractivity contribution >= 4 is 80.9 Å². The maximum Gasteiger partial charge on any atom is 0.229 e. The number of thiophene rings is 1. The standard InChI is InChI=1S/C38H19N3OS/c1-40-30-18-17-25(27-11-6-10-26-24-9-3-5-15-34(24)43-38(26)27)35-28-12-7-14-33(36(28)42-37(30)35)41-31-13-4-2-8-23(31)29-20-22(21-39)16-19-32(29)41/h2-20H. The Balaban J connectivity index is 1.40. The number of nitriles is 1. The van der Waals surface area contributed by atoms with Crippen molar-refractivity contribution in [2.45, 2.75) is 0 Å². The summed E-state index contributed by atoms with van der Waals surface area (Å²) in [6.45, 7) is 7.96. The van der Waals surface area contributed by atoms with E-state index in [-0.39, 0.29) is 0 Å². The average Bonchev–Trinajstić information content (AvgIpc) is 3.74. The van der Waals surface area contributed by atoms with Crippen molar-refractivity contribution in [1.82, 2.24) is 4.57 Å². The molecule has 0 saturated heterocycles. The number of hydrogen-bond donors (Lipinski definition) is 0. The number of furan rings is 1. The molecular formula is C38H19N3OS. The second-order valence-electron chi connectivity index (χ2n) is 10.7. The molecule has 0 spiro atoms. The summed E-state index contributed by atoms with van der Waals surface area (Å²) in [5.41, 5.74) is 7.54. The third-order valence-electron chi connectivity index (χ3n) is 8.46. The van der Waals surface area contributed by atoms with E-state index in [0.29, 0.717) is 16.8 Å². The van der Waals surface area contributed by atoms with Crippen LogP contribution in [0.5, 0.6) is 0 Å². The van der Waals surface area contributed by atoms with Gasteiger partial charge in [0.25, 0.3) is 0 Å². The van der Waals surface area contributed by atoms with Gasteiger partial charge in [0.15, 0.2) is 5.58 Å². The zero-order chi connectivity index (χ0) is 28.7. The van der Waals surface area contributed by atoms with Gasteiger partial charge in [-0.1, -0.05) is 78.9 Å². The monoisotopic (exact) mass is 565 g/mol. The molecule has 0 aliphatic rings. The predicted octanol–water partition coefficient (Wildman–Crippen LogP) is 11.1. The van der Waals surface area contributed by atoms with E-state index in [2.05, 4.69) is 94.3 Å². The van der Waals surface area contributed by atoms with Gasteiger partial charge in [-0.05, 0) is 42.0 Å². The van der Waals surface area contributed by atoms with Gasteiger partial charge in [-0.25, -0.2) is 4.85 Å². The lowest BCUT2D eigenvalue weighted by molar-refractivity contribution is 0.668. The second-order valence-corrected chi connectivity index (χ2v) is 11.7. The minimum absolute atomic E-state index is 0.491. The van der Waals surface area contributed by atoms with Gasteiger partial charge < -0.3 is 8.98 Å². The molecule has 0 radical (unpaired) electrons. The summed E-state index contributed by atoms with van der Waals surface area (Å²) in [7, 11) is 0. The van der Waals surface area contributed by atoms with Gasteiger partial charge in [0.05, 0.1) is 34.9 Å². The Morgan fingerprint density at radius 2 is 1.44 bits per heavy atom. The Bertz CT molecular complexity index is 2710. The number of aromatic nitrogens is 1. The molecule has 0 atom stereocenters. The first-order chi connectivity index (χ1) is 21.2.